The maximum atomic E-state index is 12.4. The predicted molar refractivity (Wildman–Crippen MR) is 118 cm³/mol. The third-order valence-corrected chi connectivity index (χ3v) is 5.28. The highest BCUT2D eigenvalue weighted by Crippen LogP contribution is 2.34. The molecular weight excluding hydrogens is 400 g/mol. The van der Waals surface area contributed by atoms with Crippen LogP contribution in [0, 0.1) is 20.8 Å². The highest BCUT2D eigenvalue weighted by Gasteiger charge is 2.22. The van der Waals surface area contributed by atoms with Crippen LogP contribution in [0.15, 0.2) is 36.0 Å². The number of nitrogens with zero attached hydrogens (tertiary/aromatic N) is 4. The smallest absolute Gasteiger partial charge is 0.331 e. The summed E-state index contributed by atoms with van der Waals surface area (Å²) in [5, 5.41) is 6.38. The first-order valence-electron chi connectivity index (χ1n) is 9.41. The van der Waals surface area contributed by atoms with Gasteiger partial charge in [0, 0.05) is 37.2 Å². The molecule has 0 aliphatic rings. The number of amides is 1. The fraction of sp³-hybridized carbons (Fsp3) is 0.273. The van der Waals surface area contributed by atoms with Crippen molar-refractivity contribution in [3.05, 3.63) is 63.9 Å². The molecule has 0 fully saturated rings. The SMILES string of the molecule is CC(=O)N(c1nc(COC(=O)C=Cc2cnn(C)c2)cs1)c1c(C)cc(C)cc1C. The van der Waals surface area contributed by atoms with Crippen LogP contribution in [0.3, 0.4) is 0 Å². The van der Waals surface area contributed by atoms with Crippen molar-refractivity contribution in [3.8, 4) is 0 Å². The Hall–Kier alpha value is -3.26. The Labute approximate surface area is 179 Å². The van der Waals surface area contributed by atoms with Gasteiger partial charge in [-0.2, -0.15) is 5.10 Å². The van der Waals surface area contributed by atoms with Gasteiger partial charge >= 0.3 is 5.97 Å². The van der Waals surface area contributed by atoms with Crippen molar-refractivity contribution in [2.24, 2.45) is 7.05 Å². The standard InChI is InChI=1S/C22H24N4O3S/c1-14-8-15(2)21(16(3)9-14)26(17(4)27)22-24-19(13-30-22)12-29-20(28)7-6-18-10-23-25(5)11-18/h6-11,13H,12H2,1-5H3. The van der Waals surface area contributed by atoms with E-state index in [1.54, 1.807) is 40.5 Å². The Morgan fingerprint density at radius 2 is 1.93 bits per heavy atom. The molecule has 0 aliphatic heterocycles. The van der Waals surface area contributed by atoms with Gasteiger partial charge in [0.1, 0.15) is 6.61 Å². The minimum absolute atomic E-state index is 0.0321. The number of anilines is 2. The lowest BCUT2D eigenvalue weighted by molar-refractivity contribution is -0.139. The first kappa shape index (κ1) is 21.4. The molecule has 8 heteroatoms. The second kappa shape index (κ2) is 9.04. The van der Waals surface area contributed by atoms with Crippen LogP contribution in [0.25, 0.3) is 6.08 Å². The highest BCUT2D eigenvalue weighted by molar-refractivity contribution is 7.14. The van der Waals surface area contributed by atoms with Gasteiger partial charge < -0.3 is 4.74 Å². The molecule has 7 nitrogen and oxygen atoms in total. The van der Waals surface area contributed by atoms with Crippen LogP contribution in [0.2, 0.25) is 0 Å². The van der Waals surface area contributed by atoms with Crippen molar-refractivity contribution in [3.63, 3.8) is 0 Å². The van der Waals surface area contributed by atoms with Gasteiger partial charge in [-0.15, -0.1) is 11.3 Å². The number of carbonyl (C=O) groups excluding carboxylic acids is 2. The van der Waals surface area contributed by atoms with E-state index in [4.69, 9.17) is 4.74 Å². The summed E-state index contributed by atoms with van der Waals surface area (Å²) in [5.74, 6) is -0.593. The minimum atomic E-state index is -0.470. The van der Waals surface area contributed by atoms with Gasteiger partial charge in [0.2, 0.25) is 5.91 Å². The van der Waals surface area contributed by atoms with E-state index in [-0.39, 0.29) is 12.5 Å². The maximum Gasteiger partial charge on any atom is 0.331 e. The number of benzene rings is 1. The second-order valence-corrected chi connectivity index (χ2v) is 7.95. The van der Waals surface area contributed by atoms with Gasteiger partial charge in [-0.3, -0.25) is 14.4 Å². The number of rotatable bonds is 6. The van der Waals surface area contributed by atoms with E-state index in [1.807, 2.05) is 32.9 Å². The number of aryl methyl sites for hydroxylation is 4. The first-order valence-corrected chi connectivity index (χ1v) is 10.3. The van der Waals surface area contributed by atoms with Gasteiger partial charge in [-0.1, -0.05) is 17.7 Å². The Kier molecular flexibility index (Phi) is 6.47. The average Bonchev–Trinajstić information content (AvgIpc) is 3.29. The summed E-state index contributed by atoms with van der Waals surface area (Å²) in [6.45, 7) is 7.54. The third-order valence-electron chi connectivity index (χ3n) is 4.40. The molecule has 0 bridgehead atoms. The molecule has 3 rings (SSSR count). The average molecular weight is 425 g/mol. The summed E-state index contributed by atoms with van der Waals surface area (Å²) in [6.07, 6.45) is 6.44. The summed E-state index contributed by atoms with van der Waals surface area (Å²) in [4.78, 5) is 30.5. The molecule has 0 unspecified atom stereocenters. The van der Waals surface area contributed by atoms with E-state index in [1.165, 1.54) is 24.3 Å². The minimum Gasteiger partial charge on any atom is -0.456 e. The van der Waals surface area contributed by atoms with Gasteiger partial charge in [-0.05, 0) is 38.0 Å². The lowest BCUT2D eigenvalue weighted by Crippen LogP contribution is -2.24. The number of thiazole rings is 1. The zero-order valence-corrected chi connectivity index (χ0v) is 18.5. The molecule has 1 amide bonds. The molecule has 156 valence electrons. The topological polar surface area (TPSA) is 77.3 Å². The van der Waals surface area contributed by atoms with Gasteiger partial charge in [0.25, 0.3) is 0 Å². The lowest BCUT2D eigenvalue weighted by Gasteiger charge is -2.23. The molecule has 0 N–H and O–H groups in total. The number of aromatic nitrogens is 3. The largest absolute Gasteiger partial charge is 0.456 e. The summed E-state index contributed by atoms with van der Waals surface area (Å²) >= 11 is 1.34. The van der Waals surface area contributed by atoms with Crippen molar-refractivity contribution < 1.29 is 14.3 Å². The van der Waals surface area contributed by atoms with Crippen LogP contribution in [0.5, 0.6) is 0 Å². The first-order chi connectivity index (χ1) is 14.2. The Balaban J connectivity index is 1.72. The number of esters is 1. The lowest BCUT2D eigenvalue weighted by atomic mass is 10.0. The molecule has 0 aliphatic carbocycles. The summed E-state index contributed by atoms with van der Waals surface area (Å²) < 4.78 is 6.92. The molecule has 0 spiro atoms. The fourth-order valence-electron chi connectivity index (χ4n) is 3.26. The Morgan fingerprint density at radius 3 is 2.53 bits per heavy atom. The highest BCUT2D eigenvalue weighted by atomic mass is 32.1. The molecule has 2 aromatic heterocycles. The van der Waals surface area contributed by atoms with Crippen molar-refractivity contribution in [2.45, 2.75) is 34.3 Å². The molecule has 0 saturated heterocycles. The van der Waals surface area contributed by atoms with Crippen molar-refractivity contribution >= 4 is 40.1 Å². The van der Waals surface area contributed by atoms with Crippen LogP contribution in [0.4, 0.5) is 10.8 Å². The van der Waals surface area contributed by atoms with Crippen LogP contribution < -0.4 is 4.90 Å². The summed E-state index contributed by atoms with van der Waals surface area (Å²) in [5.41, 5.74) is 5.39. The van der Waals surface area contributed by atoms with Crippen molar-refractivity contribution in [2.75, 3.05) is 4.90 Å². The zero-order chi connectivity index (χ0) is 21.8. The molecule has 3 aromatic rings. The monoisotopic (exact) mass is 424 g/mol. The normalized spacial score (nSPS) is 11.1. The zero-order valence-electron chi connectivity index (χ0n) is 17.7. The number of hydrogen-bond donors (Lipinski definition) is 0. The number of carbonyl (C=O) groups is 2. The predicted octanol–water partition coefficient (Wildman–Crippen LogP) is 4.24. The molecule has 30 heavy (non-hydrogen) atoms. The van der Waals surface area contributed by atoms with Crippen LogP contribution in [-0.4, -0.2) is 26.6 Å². The fourth-order valence-corrected chi connectivity index (χ4v) is 4.12. The molecule has 0 atom stereocenters. The van der Waals surface area contributed by atoms with Crippen LogP contribution in [-0.2, 0) is 28.0 Å². The van der Waals surface area contributed by atoms with E-state index in [0.717, 1.165) is 27.9 Å². The summed E-state index contributed by atoms with van der Waals surface area (Å²) in [6, 6.07) is 4.09. The van der Waals surface area contributed by atoms with Crippen molar-refractivity contribution in [1.82, 2.24) is 14.8 Å². The molecule has 0 saturated carbocycles. The van der Waals surface area contributed by atoms with E-state index in [2.05, 4.69) is 10.1 Å². The van der Waals surface area contributed by atoms with Gasteiger partial charge in [0.05, 0.1) is 17.6 Å². The Morgan fingerprint density at radius 1 is 1.23 bits per heavy atom. The van der Waals surface area contributed by atoms with Crippen molar-refractivity contribution in [1.29, 1.82) is 0 Å². The molecular formula is C22H24N4O3S. The maximum absolute atomic E-state index is 12.4. The molecule has 0 radical (unpaired) electrons. The van der Waals surface area contributed by atoms with E-state index >= 15 is 0 Å². The van der Waals surface area contributed by atoms with Crippen LogP contribution in [0.1, 0.15) is 34.9 Å². The third kappa shape index (κ3) is 5.01. The molecule has 1 aromatic carbocycles. The number of hydrogen-bond acceptors (Lipinski definition) is 6. The van der Waals surface area contributed by atoms with Gasteiger partial charge in [0.15, 0.2) is 5.13 Å². The Bertz CT molecular complexity index is 1090. The van der Waals surface area contributed by atoms with E-state index < -0.39 is 5.97 Å². The van der Waals surface area contributed by atoms with Gasteiger partial charge in [-0.25, -0.2) is 9.78 Å². The van der Waals surface area contributed by atoms with E-state index in [9.17, 15) is 9.59 Å². The quantitative estimate of drug-likeness (QED) is 0.437. The summed E-state index contributed by atoms with van der Waals surface area (Å²) in [7, 11) is 1.80. The van der Waals surface area contributed by atoms with Crippen LogP contribution >= 0.6 is 11.3 Å². The number of ether oxygens (including phenoxy) is 1. The van der Waals surface area contributed by atoms with E-state index in [0.29, 0.717) is 10.8 Å². The molecule has 2 heterocycles. The second-order valence-electron chi connectivity index (χ2n) is 7.11.